The molecule has 2 N–H and O–H groups in total. The van der Waals surface area contributed by atoms with Gasteiger partial charge in [-0.15, -0.1) is 0 Å². The normalized spacial score (nSPS) is 10.7. The van der Waals surface area contributed by atoms with Gasteiger partial charge in [0.25, 0.3) is 0 Å². The molecule has 0 bridgehead atoms. The Labute approximate surface area is 170 Å². The number of rotatable bonds is 7. The van der Waals surface area contributed by atoms with E-state index >= 15 is 0 Å². The van der Waals surface area contributed by atoms with Gasteiger partial charge in [0, 0.05) is 29.9 Å². The SMILES string of the molecule is COc1cccc(CCNc2nc(C)cc(Nc3cccc4cccnc34)n2)c1. The van der Waals surface area contributed by atoms with Crippen LogP contribution in [0, 0.1) is 6.92 Å². The van der Waals surface area contributed by atoms with E-state index in [4.69, 9.17) is 4.74 Å². The molecule has 4 aromatic rings. The smallest absolute Gasteiger partial charge is 0.224 e. The fourth-order valence-corrected chi connectivity index (χ4v) is 3.20. The van der Waals surface area contributed by atoms with Crippen molar-refractivity contribution in [2.45, 2.75) is 13.3 Å². The van der Waals surface area contributed by atoms with Crippen molar-refractivity contribution in [2.24, 2.45) is 0 Å². The van der Waals surface area contributed by atoms with Crippen molar-refractivity contribution in [1.82, 2.24) is 15.0 Å². The number of para-hydroxylation sites is 1. The minimum absolute atomic E-state index is 0.601. The average molecular weight is 385 g/mol. The fourth-order valence-electron chi connectivity index (χ4n) is 3.20. The monoisotopic (exact) mass is 385 g/mol. The van der Waals surface area contributed by atoms with E-state index in [9.17, 15) is 0 Å². The van der Waals surface area contributed by atoms with Gasteiger partial charge in [-0.05, 0) is 43.2 Å². The molecule has 2 aromatic carbocycles. The Morgan fingerprint density at radius 3 is 2.72 bits per heavy atom. The third kappa shape index (κ3) is 4.60. The number of ether oxygens (including phenoxy) is 1. The number of aryl methyl sites for hydroxylation is 1. The van der Waals surface area contributed by atoms with Crippen LogP contribution in [0.2, 0.25) is 0 Å². The highest BCUT2D eigenvalue weighted by atomic mass is 16.5. The van der Waals surface area contributed by atoms with Crippen molar-refractivity contribution >= 4 is 28.4 Å². The van der Waals surface area contributed by atoms with E-state index in [2.05, 4.69) is 31.7 Å². The number of hydrogen-bond donors (Lipinski definition) is 2. The number of benzene rings is 2. The molecular weight excluding hydrogens is 362 g/mol. The summed E-state index contributed by atoms with van der Waals surface area (Å²) < 4.78 is 5.28. The minimum atomic E-state index is 0.601. The standard InChI is InChI=1S/C23H23N5O/c1-16-14-21(27-20-10-4-7-18-8-5-12-24-22(18)20)28-23(26-16)25-13-11-17-6-3-9-19(15-17)29-2/h3-10,12,14-15H,11,13H2,1-2H3,(H2,25,26,27,28). The van der Waals surface area contributed by atoms with E-state index in [0.717, 1.165) is 46.8 Å². The van der Waals surface area contributed by atoms with Crippen molar-refractivity contribution < 1.29 is 4.74 Å². The predicted molar refractivity (Wildman–Crippen MR) is 117 cm³/mol. The first-order valence-electron chi connectivity index (χ1n) is 9.54. The lowest BCUT2D eigenvalue weighted by Crippen LogP contribution is -2.09. The molecule has 2 heterocycles. The molecule has 6 nitrogen and oxygen atoms in total. The molecular formula is C23H23N5O. The molecule has 0 spiro atoms. The highest BCUT2D eigenvalue weighted by Gasteiger charge is 2.06. The summed E-state index contributed by atoms with van der Waals surface area (Å²) in [6.45, 7) is 2.69. The zero-order valence-corrected chi connectivity index (χ0v) is 16.5. The lowest BCUT2D eigenvalue weighted by Gasteiger charge is -2.11. The Kier molecular flexibility index (Phi) is 5.52. The number of methoxy groups -OCH3 is 1. The molecule has 0 amide bonds. The second-order valence-corrected chi connectivity index (χ2v) is 6.75. The number of anilines is 3. The molecule has 0 atom stereocenters. The zero-order valence-electron chi connectivity index (χ0n) is 16.5. The van der Waals surface area contributed by atoms with Crippen molar-refractivity contribution in [3.63, 3.8) is 0 Å². The highest BCUT2D eigenvalue weighted by molar-refractivity contribution is 5.91. The first-order valence-corrected chi connectivity index (χ1v) is 9.54. The molecule has 0 aliphatic carbocycles. The lowest BCUT2D eigenvalue weighted by molar-refractivity contribution is 0.414. The van der Waals surface area contributed by atoms with Gasteiger partial charge in [0.2, 0.25) is 5.95 Å². The number of aromatic nitrogens is 3. The number of nitrogens with one attached hydrogen (secondary N) is 2. The van der Waals surface area contributed by atoms with Gasteiger partial charge >= 0.3 is 0 Å². The summed E-state index contributed by atoms with van der Waals surface area (Å²) in [7, 11) is 1.68. The van der Waals surface area contributed by atoms with Crippen molar-refractivity contribution in [3.05, 3.63) is 78.1 Å². The molecule has 0 aliphatic rings. The summed E-state index contributed by atoms with van der Waals surface area (Å²) in [6.07, 6.45) is 2.65. The summed E-state index contributed by atoms with van der Waals surface area (Å²) in [5.74, 6) is 2.20. The molecule has 146 valence electrons. The quantitative estimate of drug-likeness (QED) is 0.479. The number of hydrogen-bond acceptors (Lipinski definition) is 6. The van der Waals surface area contributed by atoms with Crippen molar-refractivity contribution in [2.75, 3.05) is 24.3 Å². The average Bonchev–Trinajstić information content (AvgIpc) is 2.74. The Bertz CT molecular complexity index is 1120. The third-order valence-electron chi connectivity index (χ3n) is 4.58. The Morgan fingerprint density at radius 1 is 0.966 bits per heavy atom. The summed E-state index contributed by atoms with van der Waals surface area (Å²) in [4.78, 5) is 13.6. The predicted octanol–water partition coefficient (Wildman–Crippen LogP) is 4.74. The zero-order chi connectivity index (χ0) is 20.1. The van der Waals surface area contributed by atoms with Crippen LogP contribution in [0.15, 0.2) is 66.9 Å². The first-order chi connectivity index (χ1) is 14.2. The van der Waals surface area contributed by atoms with Gasteiger partial charge in [-0.25, -0.2) is 4.98 Å². The first kappa shape index (κ1) is 18.7. The van der Waals surface area contributed by atoms with E-state index < -0.39 is 0 Å². The van der Waals surface area contributed by atoms with Crippen LogP contribution in [0.25, 0.3) is 10.9 Å². The van der Waals surface area contributed by atoms with Gasteiger partial charge in [0.05, 0.1) is 18.3 Å². The second-order valence-electron chi connectivity index (χ2n) is 6.75. The van der Waals surface area contributed by atoms with Crippen LogP contribution in [0.1, 0.15) is 11.3 Å². The number of fused-ring (bicyclic) bond motifs is 1. The van der Waals surface area contributed by atoms with Crippen LogP contribution >= 0.6 is 0 Å². The molecule has 4 rings (SSSR count). The van der Waals surface area contributed by atoms with Gasteiger partial charge in [0.15, 0.2) is 0 Å². The Hall–Kier alpha value is -3.67. The van der Waals surface area contributed by atoms with Gasteiger partial charge in [-0.1, -0.05) is 30.3 Å². The third-order valence-corrected chi connectivity index (χ3v) is 4.58. The summed E-state index contributed by atoms with van der Waals surface area (Å²) in [5, 5.41) is 7.78. The number of nitrogens with zero attached hydrogens (tertiary/aromatic N) is 3. The van der Waals surface area contributed by atoms with Crippen LogP contribution in [0.5, 0.6) is 5.75 Å². The van der Waals surface area contributed by atoms with Crippen LogP contribution in [0.4, 0.5) is 17.5 Å². The fraction of sp³-hybridized carbons (Fsp3) is 0.174. The van der Waals surface area contributed by atoms with Gasteiger partial charge in [-0.2, -0.15) is 4.98 Å². The molecule has 6 heteroatoms. The maximum absolute atomic E-state index is 5.28. The van der Waals surface area contributed by atoms with E-state index in [1.54, 1.807) is 13.3 Å². The topological polar surface area (TPSA) is 72.0 Å². The molecule has 0 saturated heterocycles. The second kappa shape index (κ2) is 8.56. The molecule has 2 aromatic heterocycles. The molecule has 0 aliphatic heterocycles. The molecule has 29 heavy (non-hydrogen) atoms. The van der Waals surface area contributed by atoms with Gasteiger partial charge in [-0.3, -0.25) is 4.98 Å². The molecule has 0 fully saturated rings. The van der Waals surface area contributed by atoms with E-state index in [-0.39, 0.29) is 0 Å². The van der Waals surface area contributed by atoms with Gasteiger partial charge < -0.3 is 15.4 Å². The maximum atomic E-state index is 5.28. The van der Waals surface area contributed by atoms with Crippen LogP contribution in [0.3, 0.4) is 0 Å². The highest BCUT2D eigenvalue weighted by Crippen LogP contribution is 2.24. The lowest BCUT2D eigenvalue weighted by atomic mass is 10.1. The molecule has 0 radical (unpaired) electrons. The van der Waals surface area contributed by atoms with Crippen molar-refractivity contribution in [3.8, 4) is 5.75 Å². The molecule has 0 saturated carbocycles. The van der Waals surface area contributed by atoms with E-state index in [1.165, 1.54) is 5.56 Å². The molecule has 0 unspecified atom stereocenters. The minimum Gasteiger partial charge on any atom is -0.497 e. The van der Waals surface area contributed by atoms with E-state index in [1.807, 2.05) is 61.5 Å². The van der Waals surface area contributed by atoms with Crippen LogP contribution in [-0.2, 0) is 6.42 Å². The largest absolute Gasteiger partial charge is 0.497 e. The number of pyridine rings is 1. The van der Waals surface area contributed by atoms with Crippen LogP contribution in [-0.4, -0.2) is 28.6 Å². The van der Waals surface area contributed by atoms with Crippen molar-refractivity contribution in [1.29, 1.82) is 0 Å². The summed E-state index contributed by atoms with van der Waals surface area (Å²) in [5.41, 5.74) is 3.92. The Balaban J connectivity index is 1.47. The maximum Gasteiger partial charge on any atom is 0.224 e. The Morgan fingerprint density at radius 2 is 1.83 bits per heavy atom. The summed E-state index contributed by atoms with van der Waals surface area (Å²) >= 11 is 0. The van der Waals surface area contributed by atoms with Crippen LogP contribution < -0.4 is 15.4 Å². The summed E-state index contributed by atoms with van der Waals surface area (Å²) in [6, 6.07) is 20.0. The van der Waals surface area contributed by atoms with E-state index in [0.29, 0.717) is 5.95 Å². The van der Waals surface area contributed by atoms with Gasteiger partial charge in [0.1, 0.15) is 11.6 Å².